The van der Waals surface area contributed by atoms with Crippen LogP contribution >= 0.6 is 11.8 Å². The van der Waals surface area contributed by atoms with Crippen molar-refractivity contribution in [3.8, 4) is 0 Å². The number of carboxylic acid groups (broad SMARTS) is 1. The maximum absolute atomic E-state index is 11.8. The van der Waals surface area contributed by atoms with Crippen molar-refractivity contribution in [3.63, 3.8) is 0 Å². The highest BCUT2D eigenvalue weighted by Gasteiger charge is 2.53. The van der Waals surface area contributed by atoms with Crippen molar-refractivity contribution in [2.24, 2.45) is 0 Å². The number of thioether (sulfide) groups is 1. The van der Waals surface area contributed by atoms with Gasteiger partial charge in [-0.25, -0.2) is 4.79 Å². The van der Waals surface area contributed by atoms with Crippen LogP contribution < -0.4 is 0 Å². The number of carbonyl (C=O) groups is 2. The molecule has 6 heteroatoms. The average molecular weight is 255 g/mol. The van der Waals surface area contributed by atoms with Gasteiger partial charge in [0.15, 0.2) is 6.10 Å². The highest BCUT2D eigenvalue weighted by Crippen LogP contribution is 2.41. The van der Waals surface area contributed by atoms with E-state index in [-0.39, 0.29) is 17.0 Å². The van der Waals surface area contributed by atoms with E-state index in [9.17, 15) is 9.59 Å². The summed E-state index contributed by atoms with van der Waals surface area (Å²) in [6, 6.07) is 0. The quantitative estimate of drug-likeness (QED) is 0.595. The van der Waals surface area contributed by atoms with E-state index in [0.29, 0.717) is 17.9 Å². The van der Waals surface area contributed by atoms with E-state index >= 15 is 0 Å². The summed E-state index contributed by atoms with van der Waals surface area (Å²) in [5, 5.41) is 8.88. The fourth-order valence-electron chi connectivity index (χ4n) is 1.93. The lowest BCUT2D eigenvalue weighted by atomic mass is 10.1. The molecule has 2 rings (SSSR count). The Kier molecular flexibility index (Phi) is 3.26. The summed E-state index contributed by atoms with van der Waals surface area (Å²) in [7, 11) is 0. The van der Waals surface area contributed by atoms with Crippen LogP contribution in [0.3, 0.4) is 0 Å². The summed E-state index contributed by atoms with van der Waals surface area (Å²) in [5.74, 6) is -0.714. The lowest BCUT2D eigenvalue weighted by molar-refractivity contribution is -0.163. The van der Waals surface area contributed by atoms with Gasteiger partial charge in [-0.2, -0.15) is 0 Å². The molecule has 2 aliphatic rings. The number of hydrogen-bond donors (Lipinski definition) is 1. The van der Waals surface area contributed by atoms with Crippen LogP contribution in [0.2, 0.25) is 0 Å². The van der Waals surface area contributed by atoms with Crippen molar-refractivity contribution < 1.29 is 19.4 Å². The van der Waals surface area contributed by atoms with Gasteiger partial charge in [-0.1, -0.05) is 6.08 Å². The van der Waals surface area contributed by atoms with Crippen LogP contribution in [0.25, 0.3) is 0 Å². The van der Waals surface area contributed by atoms with Crippen LogP contribution in [0.5, 0.6) is 0 Å². The fourth-order valence-corrected chi connectivity index (χ4v) is 3.22. The van der Waals surface area contributed by atoms with E-state index < -0.39 is 12.1 Å². The molecule has 0 aromatic rings. The summed E-state index contributed by atoms with van der Waals surface area (Å²) < 4.78 is 5.33. The minimum atomic E-state index is -1.05. The molecule has 0 bridgehead atoms. The first-order valence-corrected chi connectivity index (χ1v) is 6.23. The number of hydrogen-bond acceptors (Lipinski definition) is 4. The molecule has 2 heterocycles. The Bertz CT molecular complexity index is 418. The molecule has 0 radical (unpaired) electrons. The first-order chi connectivity index (χ1) is 8.07. The van der Waals surface area contributed by atoms with Gasteiger partial charge in [0.05, 0.1) is 6.61 Å². The molecular weight excluding hydrogens is 242 g/mol. The van der Waals surface area contributed by atoms with Gasteiger partial charge in [0, 0.05) is 5.75 Å². The third-order valence-corrected chi connectivity index (χ3v) is 4.11. The smallest absolute Gasteiger partial charge is 0.352 e. The van der Waals surface area contributed by atoms with Crippen molar-refractivity contribution in [2.75, 3.05) is 12.4 Å². The largest absolute Gasteiger partial charge is 0.477 e. The summed E-state index contributed by atoms with van der Waals surface area (Å²) in [6.07, 6.45) is 1.03. The molecule has 92 valence electrons. The topological polar surface area (TPSA) is 66.8 Å². The van der Waals surface area contributed by atoms with Gasteiger partial charge >= 0.3 is 5.97 Å². The molecule has 17 heavy (non-hydrogen) atoms. The molecule has 1 fully saturated rings. The van der Waals surface area contributed by atoms with Gasteiger partial charge in [0.1, 0.15) is 11.1 Å². The standard InChI is InChI=1S/C11H13NO4S/c1-3-4-16-8-9(13)12-7(11(14)15)6(2)5-17-10(8)12/h3,8,10H,1,4-5H2,2H3,(H,14,15)/t8-,10+/m0/s1. The Hall–Kier alpha value is -1.27. The molecule has 2 atom stereocenters. The zero-order valence-electron chi connectivity index (χ0n) is 9.38. The Balaban J connectivity index is 2.18. The third-order valence-electron chi connectivity index (χ3n) is 2.71. The molecule has 0 unspecified atom stereocenters. The predicted molar refractivity (Wildman–Crippen MR) is 63.4 cm³/mol. The van der Waals surface area contributed by atoms with Crippen LogP contribution in [0, 0.1) is 0 Å². The zero-order chi connectivity index (χ0) is 12.6. The van der Waals surface area contributed by atoms with E-state index in [2.05, 4.69) is 6.58 Å². The molecule has 1 N–H and O–H groups in total. The van der Waals surface area contributed by atoms with Crippen LogP contribution in [-0.2, 0) is 14.3 Å². The summed E-state index contributed by atoms with van der Waals surface area (Å²) in [6.45, 7) is 5.55. The summed E-state index contributed by atoms with van der Waals surface area (Å²) in [4.78, 5) is 24.2. The second kappa shape index (κ2) is 4.54. The van der Waals surface area contributed by atoms with Crippen molar-refractivity contribution in [2.45, 2.75) is 18.4 Å². The van der Waals surface area contributed by atoms with Crippen LogP contribution in [0.15, 0.2) is 23.9 Å². The highest BCUT2D eigenvalue weighted by molar-refractivity contribution is 8.00. The zero-order valence-corrected chi connectivity index (χ0v) is 10.2. The normalized spacial score (nSPS) is 27.6. The number of fused-ring (bicyclic) bond motifs is 1. The molecule has 0 aromatic carbocycles. The summed E-state index contributed by atoms with van der Waals surface area (Å²) in [5.41, 5.74) is 0.825. The van der Waals surface area contributed by atoms with Crippen molar-refractivity contribution in [1.82, 2.24) is 4.90 Å². The molecule has 1 amide bonds. The molecule has 0 spiro atoms. The predicted octanol–water partition coefficient (Wildman–Crippen LogP) is 0.831. The SMILES string of the molecule is C=CCO[C@H]1C(=O)N2C(C(=O)O)=C(C)CS[C@H]12. The summed E-state index contributed by atoms with van der Waals surface area (Å²) >= 11 is 1.53. The molecule has 5 nitrogen and oxygen atoms in total. The molecular formula is C11H13NO4S. The Morgan fingerprint density at radius 3 is 3.06 bits per heavy atom. The van der Waals surface area contributed by atoms with Gasteiger partial charge in [-0.05, 0) is 12.5 Å². The van der Waals surface area contributed by atoms with Crippen LogP contribution in [0.4, 0.5) is 0 Å². The molecule has 1 saturated heterocycles. The number of carboxylic acids is 1. The van der Waals surface area contributed by atoms with E-state index in [1.807, 2.05) is 0 Å². The Morgan fingerprint density at radius 2 is 2.47 bits per heavy atom. The van der Waals surface area contributed by atoms with Crippen molar-refractivity contribution in [3.05, 3.63) is 23.9 Å². The Labute approximate surface area is 103 Å². The van der Waals surface area contributed by atoms with E-state index in [1.165, 1.54) is 16.7 Å². The number of amides is 1. The third kappa shape index (κ3) is 1.87. The molecule has 0 aromatic heterocycles. The highest BCUT2D eigenvalue weighted by atomic mass is 32.2. The van der Waals surface area contributed by atoms with E-state index in [4.69, 9.17) is 9.84 Å². The number of aliphatic carboxylic acids is 1. The fraction of sp³-hybridized carbons (Fsp3) is 0.455. The second-order valence-corrected chi connectivity index (χ2v) is 4.99. The second-order valence-electron chi connectivity index (χ2n) is 3.89. The van der Waals surface area contributed by atoms with Crippen LogP contribution in [-0.4, -0.2) is 45.7 Å². The van der Waals surface area contributed by atoms with Crippen molar-refractivity contribution >= 4 is 23.6 Å². The van der Waals surface area contributed by atoms with Crippen molar-refractivity contribution in [1.29, 1.82) is 0 Å². The lowest BCUT2D eigenvalue weighted by Crippen LogP contribution is -2.65. The van der Waals surface area contributed by atoms with Gasteiger partial charge in [-0.15, -0.1) is 18.3 Å². The molecule has 2 aliphatic heterocycles. The number of ether oxygens (including phenoxy) is 1. The number of carbonyl (C=O) groups excluding carboxylic acids is 1. The van der Waals surface area contributed by atoms with Crippen LogP contribution in [0.1, 0.15) is 6.92 Å². The van der Waals surface area contributed by atoms with E-state index in [0.717, 1.165) is 0 Å². The van der Waals surface area contributed by atoms with Gasteiger partial charge in [-0.3, -0.25) is 9.69 Å². The maximum Gasteiger partial charge on any atom is 0.352 e. The Morgan fingerprint density at radius 1 is 1.76 bits per heavy atom. The average Bonchev–Trinajstić information content (AvgIpc) is 2.29. The first kappa shape index (κ1) is 12.2. The molecule has 0 aliphatic carbocycles. The van der Waals surface area contributed by atoms with Gasteiger partial charge in [0.25, 0.3) is 5.91 Å². The van der Waals surface area contributed by atoms with Gasteiger partial charge in [0.2, 0.25) is 0 Å². The minimum absolute atomic E-state index is 0.109. The number of rotatable bonds is 4. The monoisotopic (exact) mass is 255 g/mol. The number of β-lactam (4-membered cyclic amide) rings is 1. The first-order valence-electron chi connectivity index (χ1n) is 5.18. The van der Waals surface area contributed by atoms with Gasteiger partial charge < -0.3 is 9.84 Å². The minimum Gasteiger partial charge on any atom is -0.477 e. The lowest BCUT2D eigenvalue weighted by Gasteiger charge is -2.48. The maximum atomic E-state index is 11.8. The number of nitrogens with zero attached hydrogens (tertiary/aromatic N) is 1. The molecule has 0 saturated carbocycles. The van der Waals surface area contributed by atoms with E-state index in [1.54, 1.807) is 13.0 Å².